The molecular weight excluding hydrogens is 388 g/mol. The summed E-state index contributed by atoms with van der Waals surface area (Å²) in [6.45, 7) is 7.83. The van der Waals surface area contributed by atoms with Crippen LogP contribution in [0.3, 0.4) is 0 Å². The fourth-order valence-electron chi connectivity index (χ4n) is 3.78. The number of nitrogens with zero attached hydrogens (tertiary/aromatic N) is 3. The van der Waals surface area contributed by atoms with Crippen molar-refractivity contribution in [3.05, 3.63) is 0 Å². The molecule has 0 aliphatic carbocycles. The van der Waals surface area contributed by atoms with E-state index in [-0.39, 0.29) is 36.1 Å². The Balaban J connectivity index is 2.84. The predicted octanol–water partition coefficient (Wildman–Crippen LogP) is 0.465. The van der Waals surface area contributed by atoms with E-state index >= 15 is 0 Å². The quantitative estimate of drug-likeness (QED) is 0.536. The van der Waals surface area contributed by atoms with E-state index in [9.17, 15) is 19.2 Å². The van der Waals surface area contributed by atoms with Crippen molar-refractivity contribution < 1.29 is 23.9 Å². The lowest BCUT2D eigenvalue weighted by Crippen LogP contribution is -2.55. The van der Waals surface area contributed by atoms with E-state index in [2.05, 4.69) is 0 Å². The van der Waals surface area contributed by atoms with Gasteiger partial charge in [0.2, 0.25) is 17.7 Å². The maximum Gasteiger partial charge on any atom is 0.328 e. The molecule has 0 spiro atoms. The van der Waals surface area contributed by atoms with E-state index in [1.807, 2.05) is 27.7 Å². The van der Waals surface area contributed by atoms with Crippen molar-refractivity contribution in [2.75, 3.05) is 34.3 Å². The van der Waals surface area contributed by atoms with Crippen LogP contribution in [0.1, 0.15) is 47.0 Å². The molecule has 2 N–H and O–H groups in total. The molecular formula is C21H38N4O5. The first kappa shape index (κ1) is 25.9. The molecule has 0 bridgehead atoms. The van der Waals surface area contributed by atoms with E-state index in [1.54, 1.807) is 4.90 Å². The largest absolute Gasteiger partial charge is 0.467 e. The van der Waals surface area contributed by atoms with Crippen LogP contribution in [0, 0.1) is 11.8 Å². The summed E-state index contributed by atoms with van der Waals surface area (Å²) in [5, 5.41) is 0. The second-order valence-corrected chi connectivity index (χ2v) is 8.51. The molecule has 1 fully saturated rings. The highest BCUT2D eigenvalue weighted by molar-refractivity contribution is 5.93. The van der Waals surface area contributed by atoms with Gasteiger partial charge < -0.3 is 25.2 Å². The zero-order valence-electron chi connectivity index (χ0n) is 19.4. The van der Waals surface area contributed by atoms with Gasteiger partial charge in [-0.3, -0.25) is 14.4 Å². The van der Waals surface area contributed by atoms with Gasteiger partial charge in [0, 0.05) is 20.6 Å². The van der Waals surface area contributed by atoms with Crippen LogP contribution in [-0.4, -0.2) is 90.8 Å². The molecule has 0 radical (unpaired) electrons. The van der Waals surface area contributed by atoms with Crippen LogP contribution < -0.4 is 5.73 Å². The third kappa shape index (κ3) is 5.93. The van der Waals surface area contributed by atoms with Crippen LogP contribution in [0.5, 0.6) is 0 Å². The first-order chi connectivity index (χ1) is 14.0. The predicted molar refractivity (Wildman–Crippen MR) is 113 cm³/mol. The number of hydrogen-bond donors (Lipinski definition) is 1. The van der Waals surface area contributed by atoms with Crippen molar-refractivity contribution in [3.8, 4) is 0 Å². The zero-order chi connectivity index (χ0) is 23.2. The van der Waals surface area contributed by atoms with Gasteiger partial charge in [-0.2, -0.15) is 0 Å². The number of amides is 3. The molecule has 1 heterocycles. The van der Waals surface area contributed by atoms with Crippen LogP contribution >= 0.6 is 0 Å². The number of rotatable bonds is 9. The Kier molecular flexibility index (Phi) is 9.74. The molecule has 172 valence electrons. The number of likely N-dealkylation sites (N-methyl/N-ethyl adjacent to an activating group) is 2. The van der Waals surface area contributed by atoms with Crippen LogP contribution in [0.2, 0.25) is 0 Å². The molecule has 9 nitrogen and oxygen atoms in total. The maximum atomic E-state index is 13.0. The standard InChI is InChI=1S/C21H38N4O5/c1-8-14(4)17(22)20(28)25-11-9-10-15(25)19(27)23(5)12-16(26)24(6)18(13(2)3)21(29)30-7/h13-15,17-18H,8-12,22H2,1-7H3/t14-,15+,17+,18+/m1/s1. The number of carbonyl (C=O) groups is 4. The molecule has 1 rings (SSSR count). The van der Waals surface area contributed by atoms with Crippen molar-refractivity contribution in [3.63, 3.8) is 0 Å². The summed E-state index contributed by atoms with van der Waals surface area (Å²) in [6.07, 6.45) is 2.04. The number of nitrogens with two attached hydrogens (primary N) is 1. The monoisotopic (exact) mass is 426 g/mol. The summed E-state index contributed by atoms with van der Waals surface area (Å²) < 4.78 is 4.80. The Labute approximate surface area is 179 Å². The Morgan fingerprint density at radius 2 is 1.77 bits per heavy atom. The summed E-state index contributed by atoms with van der Waals surface area (Å²) in [4.78, 5) is 54.7. The van der Waals surface area contributed by atoms with E-state index < -0.39 is 24.1 Å². The van der Waals surface area contributed by atoms with Gasteiger partial charge in [-0.05, 0) is 24.7 Å². The fourth-order valence-corrected chi connectivity index (χ4v) is 3.78. The Bertz CT molecular complexity index is 639. The number of hydrogen-bond acceptors (Lipinski definition) is 6. The second kappa shape index (κ2) is 11.3. The molecule has 0 unspecified atom stereocenters. The van der Waals surface area contributed by atoms with Gasteiger partial charge in [0.25, 0.3) is 0 Å². The maximum absolute atomic E-state index is 13.0. The summed E-state index contributed by atoms with van der Waals surface area (Å²) in [7, 11) is 4.34. The molecule has 0 aromatic carbocycles. The summed E-state index contributed by atoms with van der Waals surface area (Å²) in [6, 6.07) is -1.99. The lowest BCUT2D eigenvalue weighted by atomic mass is 9.98. The highest BCUT2D eigenvalue weighted by Crippen LogP contribution is 2.22. The molecule has 0 saturated carbocycles. The minimum Gasteiger partial charge on any atom is -0.467 e. The minimum absolute atomic E-state index is 0.0214. The fraction of sp³-hybridized carbons (Fsp3) is 0.810. The number of ether oxygens (including phenoxy) is 1. The molecule has 3 amide bonds. The van der Waals surface area contributed by atoms with Gasteiger partial charge in [-0.15, -0.1) is 0 Å². The van der Waals surface area contributed by atoms with E-state index in [1.165, 1.54) is 31.0 Å². The summed E-state index contributed by atoms with van der Waals surface area (Å²) in [5.74, 6) is -1.50. The minimum atomic E-state index is -0.732. The third-order valence-electron chi connectivity index (χ3n) is 6.00. The van der Waals surface area contributed by atoms with E-state index in [0.717, 1.165) is 12.8 Å². The van der Waals surface area contributed by atoms with Crippen molar-refractivity contribution in [1.82, 2.24) is 14.7 Å². The van der Waals surface area contributed by atoms with Gasteiger partial charge in [-0.1, -0.05) is 34.1 Å². The molecule has 1 saturated heterocycles. The van der Waals surface area contributed by atoms with Crippen LogP contribution in [0.25, 0.3) is 0 Å². The molecule has 0 aromatic rings. The van der Waals surface area contributed by atoms with E-state index in [4.69, 9.17) is 10.5 Å². The third-order valence-corrected chi connectivity index (χ3v) is 6.00. The molecule has 4 atom stereocenters. The Morgan fingerprint density at radius 1 is 1.17 bits per heavy atom. The van der Waals surface area contributed by atoms with E-state index in [0.29, 0.717) is 13.0 Å². The Hall–Kier alpha value is -2.16. The second-order valence-electron chi connectivity index (χ2n) is 8.51. The van der Waals surface area contributed by atoms with Gasteiger partial charge in [0.15, 0.2) is 0 Å². The average Bonchev–Trinajstić information content (AvgIpc) is 3.20. The summed E-state index contributed by atoms with van der Waals surface area (Å²) >= 11 is 0. The molecule has 1 aliphatic heterocycles. The van der Waals surface area contributed by atoms with Gasteiger partial charge >= 0.3 is 5.97 Å². The summed E-state index contributed by atoms with van der Waals surface area (Å²) in [5.41, 5.74) is 6.09. The highest BCUT2D eigenvalue weighted by Gasteiger charge is 2.39. The number of esters is 1. The van der Waals surface area contributed by atoms with Gasteiger partial charge in [0.1, 0.15) is 12.1 Å². The van der Waals surface area contributed by atoms with Crippen LogP contribution in [0.15, 0.2) is 0 Å². The first-order valence-corrected chi connectivity index (χ1v) is 10.6. The van der Waals surface area contributed by atoms with Gasteiger partial charge in [0.05, 0.1) is 19.7 Å². The lowest BCUT2D eigenvalue weighted by molar-refractivity contribution is -0.155. The highest BCUT2D eigenvalue weighted by atomic mass is 16.5. The normalized spacial score (nSPS) is 19.2. The number of likely N-dealkylation sites (tertiary alicyclic amines) is 1. The molecule has 0 aromatic heterocycles. The van der Waals surface area contributed by atoms with Crippen LogP contribution in [0.4, 0.5) is 0 Å². The topological polar surface area (TPSA) is 113 Å². The smallest absolute Gasteiger partial charge is 0.328 e. The zero-order valence-corrected chi connectivity index (χ0v) is 19.4. The molecule has 30 heavy (non-hydrogen) atoms. The molecule has 9 heteroatoms. The average molecular weight is 427 g/mol. The van der Waals surface area contributed by atoms with Crippen molar-refractivity contribution >= 4 is 23.7 Å². The first-order valence-electron chi connectivity index (χ1n) is 10.6. The Morgan fingerprint density at radius 3 is 2.27 bits per heavy atom. The molecule has 1 aliphatic rings. The van der Waals surface area contributed by atoms with Gasteiger partial charge in [-0.25, -0.2) is 4.79 Å². The SMILES string of the molecule is CC[C@@H](C)[C@H](N)C(=O)N1CCC[C@H]1C(=O)N(C)CC(=O)N(C)[C@H](C(=O)OC)C(C)C. The lowest BCUT2D eigenvalue weighted by Gasteiger charge is -2.33. The number of carbonyl (C=O) groups excluding carboxylic acids is 4. The van der Waals surface area contributed by atoms with Crippen molar-refractivity contribution in [2.45, 2.75) is 65.1 Å². The van der Waals surface area contributed by atoms with Crippen molar-refractivity contribution in [1.29, 1.82) is 0 Å². The van der Waals surface area contributed by atoms with Crippen LogP contribution in [-0.2, 0) is 23.9 Å². The van der Waals surface area contributed by atoms with Crippen molar-refractivity contribution in [2.24, 2.45) is 17.6 Å². The number of methoxy groups -OCH3 is 1.